The molecule has 0 aromatic rings. The normalized spacial score (nSPS) is 60.8. The van der Waals surface area contributed by atoms with E-state index in [-0.39, 0.29) is 57.8 Å². The molecule has 5 fully saturated rings. The van der Waals surface area contributed by atoms with Crippen LogP contribution < -0.4 is 0 Å². The second-order valence-corrected chi connectivity index (χ2v) is 11.8. The lowest BCUT2D eigenvalue weighted by molar-refractivity contribution is -0.136. The highest BCUT2D eigenvalue weighted by molar-refractivity contribution is 5.93. The van der Waals surface area contributed by atoms with Crippen molar-refractivity contribution < 1.29 is 23.7 Å². The molecule has 3 saturated heterocycles. The maximum atomic E-state index is 12.4. The Labute approximate surface area is 172 Å². The number of fused-ring (bicyclic) bond motifs is 4. The first-order chi connectivity index (χ1) is 13.6. The number of epoxide rings is 3. The zero-order valence-electron chi connectivity index (χ0n) is 18.3. The Bertz CT molecular complexity index is 907. The molecule has 0 aromatic heterocycles. The van der Waals surface area contributed by atoms with Gasteiger partial charge in [0.25, 0.3) is 0 Å². The van der Waals surface area contributed by atoms with Crippen molar-refractivity contribution in [2.75, 3.05) is 6.61 Å². The number of esters is 1. The van der Waals surface area contributed by atoms with Crippen molar-refractivity contribution in [2.45, 2.75) is 95.9 Å². The molecule has 0 aromatic carbocycles. The molecule has 7 rings (SSSR count). The van der Waals surface area contributed by atoms with E-state index in [4.69, 9.17) is 18.9 Å². The second-order valence-electron chi connectivity index (χ2n) is 11.8. The Morgan fingerprint density at radius 1 is 1.14 bits per heavy atom. The van der Waals surface area contributed by atoms with Crippen LogP contribution in [0.5, 0.6) is 0 Å². The SMILES string of the molecule is CCC(C)(C)[C@]12O[C@H]1[C@@H]1O[C@@]13[C@@]1(C)CC(C)C4=C(COC4=O)[C@@H]1C[C@@H]1O[C@@]13C2C. The van der Waals surface area contributed by atoms with Gasteiger partial charge >= 0.3 is 5.97 Å². The summed E-state index contributed by atoms with van der Waals surface area (Å²) in [6, 6.07) is 0. The first kappa shape index (κ1) is 17.7. The summed E-state index contributed by atoms with van der Waals surface area (Å²) >= 11 is 0. The van der Waals surface area contributed by atoms with E-state index < -0.39 is 0 Å². The minimum Gasteiger partial charge on any atom is -0.458 e. The predicted octanol–water partition coefficient (Wildman–Crippen LogP) is 3.40. The molecule has 3 aliphatic carbocycles. The molecule has 0 radical (unpaired) electrons. The average Bonchev–Trinajstić information content (AvgIpc) is 3.54. The van der Waals surface area contributed by atoms with Crippen LogP contribution in [0.15, 0.2) is 11.1 Å². The standard InChI is InChI=1S/C24H32O5/c1-7-20(4,5)23-12(3)22-15(27-22)8-14-13-10-26-19(25)16(13)11(2)9-21(14,6)24(22)18(29-24)17(23)28-23/h11-12,14-15,17-18H,7-10H2,1-6H3/t11?,12?,14-,15-,17-,18-,21-,22-,23+,24+/m0/s1. The van der Waals surface area contributed by atoms with Crippen LogP contribution in [0.25, 0.3) is 0 Å². The Balaban J connectivity index is 1.38. The van der Waals surface area contributed by atoms with Crippen molar-refractivity contribution in [1.29, 1.82) is 0 Å². The Morgan fingerprint density at radius 2 is 1.90 bits per heavy atom. The molecule has 5 nitrogen and oxygen atoms in total. The summed E-state index contributed by atoms with van der Waals surface area (Å²) < 4.78 is 25.6. The van der Waals surface area contributed by atoms with Gasteiger partial charge in [-0.1, -0.05) is 41.5 Å². The summed E-state index contributed by atoms with van der Waals surface area (Å²) in [5, 5.41) is 0. The van der Waals surface area contributed by atoms with Crippen LogP contribution in [0.4, 0.5) is 0 Å². The van der Waals surface area contributed by atoms with Crippen LogP contribution in [-0.4, -0.2) is 47.7 Å². The number of carbonyl (C=O) groups excluding carboxylic acids is 1. The zero-order chi connectivity index (χ0) is 20.4. The number of ether oxygens (including phenoxy) is 4. The third-order valence-electron chi connectivity index (χ3n) is 10.8. The molecule has 0 N–H and O–H groups in total. The van der Waals surface area contributed by atoms with Crippen molar-refractivity contribution in [2.24, 2.45) is 28.6 Å². The van der Waals surface area contributed by atoms with E-state index in [1.165, 1.54) is 5.57 Å². The Kier molecular flexibility index (Phi) is 2.75. The zero-order valence-corrected chi connectivity index (χ0v) is 18.3. The van der Waals surface area contributed by atoms with E-state index in [1.807, 2.05) is 0 Å². The third-order valence-corrected chi connectivity index (χ3v) is 10.8. The molecule has 4 aliphatic heterocycles. The number of hydrogen-bond donors (Lipinski definition) is 0. The lowest BCUT2D eigenvalue weighted by Crippen LogP contribution is -2.67. The highest BCUT2D eigenvalue weighted by atomic mass is 16.7. The molecule has 158 valence electrons. The molecule has 0 bridgehead atoms. The van der Waals surface area contributed by atoms with Crippen molar-refractivity contribution >= 4 is 5.97 Å². The summed E-state index contributed by atoms with van der Waals surface area (Å²) in [4.78, 5) is 12.4. The van der Waals surface area contributed by atoms with Gasteiger partial charge in [-0.15, -0.1) is 0 Å². The molecule has 0 amide bonds. The smallest absolute Gasteiger partial charge is 0.334 e. The quantitative estimate of drug-likeness (QED) is 0.525. The molecule has 29 heavy (non-hydrogen) atoms. The van der Waals surface area contributed by atoms with Crippen molar-refractivity contribution in [3.63, 3.8) is 0 Å². The number of cyclic esters (lactones) is 1. The second kappa shape index (κ2) is 4.49. The molecule has 10 atom stereocenters. The van der Waals surface area contributed by atoms with Gasteiger partial charge in [0.2, 0.25) is 0 Å². The van der Waals surface area contributed by atoms with Gasteiger partial charge in [-0.05, 0) is 42.1 Å². The number of carbonyl (C=O) groups is 1. The highest BCUT2D eigenvalue weighted by Crippen LogP contribution is 2.85. The maximum Gasteiger partial charge on any atom is 0.334 e. The van der Waals surface area contributed by atoms with Gasteiger partial charge in [-0.2, -0.15) is 0 Å². The molecule has 4 heterocycles. The first-order valence-corrected chi connectivity index (χ1v) is 11.6. The summed E-state index contributed by atoms with van der Waals surface area (Å²) in [5.74, 6) is 0.731. The van der Waals surface area contributed by atoms with Crippen molar-refractivity contribution in [3.8, 4) is 0 Å². The van der Waals surface area contributed by atoms with E-state index in [1.54, 1.807) is 0 Å². The van der Waals surface area contributed by atoms with Gasteiger partial charge in [-0.3, -0.25) is 0 Å². The Hall–Kier alpha value is -0.910. The van der Waals surface area contributed by atoms with E-state index >= 15 is 0 Å². The third kappa shape index (κ3) is 1.46. The van der Waals surface area contributed by atoms with Crippen LogP contribution in [-0.2, 0) is 23.7 Å². The van der Waals surface area contributed by atoms with Crippen LogP contribution in [0.3, 0.4) is 0 Å². The monoisotopic (exact) mass is 400 g/mol. The average molecular weight is 401 g/mol. The van der Waals surface area contributed by atoms with E-state index in [0.29, 0.717) is 18.4 Å². The molecular formula is C24H32O5. The van der Waals surface area contributed by atoms with Crippen LogP contribution >= 0.6 is 0 Å². The van der Waals surface area contributed by atoms with Gasteiger partial charge in [0.1, 0.15) is 35.6 Å². The van der Waals surface area contributed by atoms with Crippen molar-refractivity contribution in [1.82, 2.24) is 0 Å². The van der Waals surface area contributed by atoms with Gasteiger partial charge in [0.15, 0.2) is 0 Å². The molecule has 2 spiro atoms. The van der Waals surface area contributed by atoms with Gasteiger partial charge < -0.3 is 18.9 Å². The minimum atomic E-state index is -0.278. The summed E-state index contributed by atoms with van der Waals surface area (Å²) in [6.45, 7) is 14.4. The van der Waals surface area contributed by atoms with Gasteiger partial charge in [-0.25, -0.2) is 4.79 Å². The molecule has 5 heteroatoms. The number of rotatable bonds is 2. The summed E-state index contributed by atoms with van der Waals surface area (Å²) in [7, 11) is 0. The largest absolute Gasteiger partial charge is 0.458 e. The summed E-state index contributed by atoms with van der Waals surface area (Å²) in [5.41, 5.74) is 1.59. The topological polar surface area (TPSA) is 63.9 Å². The first-order valence-electron chi connectivity index (χ1n) is 11.6. The lowest BCUT2D eigenvalue weighted by atomic mass is 9.43. The fraction of sp³-hybridized carbons (Fsp3) is 0.875. The van der Waals surface area contributed by atoms with E-state index in [0.717, 1.165) is 24.8 Å². The van der Waals surface area contributed by atoms with Crippen LogP contribution in [0.1, 0.15) is 60.8 Å². The minimum absolute atomic E-state index is 0.0420. The number of hydrogen-bond acceptors (Lipinski definition) is 5. The molecule has 2 unspecified atom stereocenters. The van der Waals surface area contributed by atoms with Gasteiger partial charge in [0.05, 0.1) is 6.10 Å². The van der Waals surface area contributed by atoms with E-state index in [9.17, 15) is 4.79 Å². The highest BCUT2D eigenvalue weighted by Gasteiger charge is 3.00. The fourth-order valence-corrected chi connectivity index (χ4v) is 9.18. The lowest BCUT2D eigenvalue weighted by Gasteiger charge is -2.55. The molecular weight excluding hydrogens is 368 g/mol. The fourth-order valence-electron chi connectivity index (χ4n) is 9.18. The Morgan fingerprint density at radius 3 is 2.62 bits per heavy atom. The summed E-state index contributed by atoms with van der Waals surface area (Å²) in [6.07, 6.45) is 3.52. The maximum absolute atomic E-state index is 12.4. The van der Waals surface area contributed by atoms with Crippen LogP contribution in [0, 0.1) is 28.6 Å². The van der Waals surface area contributed by atoms with E-state index in [2.05, 4.69) is 41.5 Å². The van der Waals surface area contributed by atoms with Crippen LogP contribution in [0.2, 0.25) is 0 Å². The van der Waals surface area contributed by atoms with Gasteiger partial charge in [0, 0.05) is 16.9 Å². The molecule has 7 aliphatic rings. The predicted molar refractivity (Wildman–Crippen MR) is 104 cm³/mol. The molecule has 2 saturated carbocycles. The van der Waals surface area contributed by atoms with Crippen molar-refractivity contribution in [3.05, 3.63) is 11.1 Å².